The molecule has 0 unspecified atom stereocenters. The van der Waals surface area contributed by atoms with E-state index in [2.05, 4.69) is 40.9 Å². The topological polar surface area (TPSA) is 183 Å². The highest BCUT2D eigenvalue weighted by Crippen LogP contribution is 2.27. The fraction of sp³-hybridized carbons (Fsp3) is 0.208. The Balaban J connectivity index is 1.73. The van der Waals surface area contributed by atoms with Gasteiger partial charge in [-0.2, -0.15) is 28.3 Å². The summed E-state index contributed by atoms with van der Waals surface area (Å²) in [6.07, 6.45) is -3.43. The Hall–Kier alpha value is -5.37. The Morgan fingerprint density at radius 3 is 2.57 bits per heavy atom. The number of aryl methyl sites for hydroxylation is 1. The van der Waals surface area contributed by atoms with E-state index in [-0.39, 0.29) is 39.0 Å². The molecule has 0 atom stereocenters. The van der Waals surface area contributed by atoms with Gasteiger partial charge in [0.15, 0.2) is 5.82 Å². The Labute approximate surface area is 239 Å². The first-order valence-corrected chi connectivity index (χ1v) is 12.0. The second-order valence-electron chi connectivity index (χ2n) is 8.42. The number of carbonyl (C=O) groups is 3. The van der Waals surface area contributed by atoms with Gasteiger partial charge >= 0.3 is 12.1 Å². The van der Waals surface area contributed by atoms with Crippen molar-refractivity contribution in [2.45, 2.75) is 19.6 Å². The van der Waals surface area contributed by atoms with E-state index in [0.29, 0.717) is 10.4 Å². The van der Waals surface area contributed by atoms with Gasteiger partial charge in [-0.05, 0) is 48.0 Å². The number of hydrogen-bond donors (Lipinski definition) is 2. The summed E-state index contributed by atoms with van der Waals surface area (Å²) in [7, 11) is 1.14. The smallest absolute Gasteiger partial charge is 0.455 e. The zero-order chi connectivity index (χ0) is 30.6. The number of methoxy groups -OCH3 is 1. The number of carbonyl (C=O) groups excluding carboxylic acids is 3. The first kappa shape index (κ1) is 29.6. The Kier molecular flexibility index (Phi) is 8.47. The van der Waals surface area contributed by atoms with Gasteiger partial charge in [0.25, 0.3) is 17.6 Å². The predicted octanol–water partition coefficient (Wildman–Crippen LogP) is 2.31. The number of amides is 2. The van der Waals surface area contributed by atoms with E-state index < -0.39 is 42.9 Å². The molecule has 2 amide bonds. The number of benzene rings is 1. The summed E-state index contributed by atoms with van der Waals surface area (Å²) in [6.45, 7) is 0.664. The number of esters is 1. The molecule has 3 aromatic heterocycles. The molecule has 42 heavy (non-hydrogen) atoms. The van der Waals surface area contributed by atoms with Crippen molar-refractivity contribution in [2.24, 2.45) is 0 Å². The molecule has 2 N–H and O–H groups in total. The molecular formula is C24H18ClF3N10O4. The summed E-state index contributed by atoms with van der Waals surface area (Å²) in [4.78, 5) is 42.8. The Morgan fingerprint density at radius 2 is 1.93 bits per heavy atom. The molecule has 0 fully saturated rings. The summed E-state index contributed by atoms with van der Waals surface area (Å²) >= 11 is 6.27. The van der Waals surface area contributed by atoms with Gasteiger partial charge in [-0.15, -0.1) is 10.2 Å². The van der Waals surface area contributed by atoms with Crippen molar-refractivity contribution >= 4 is 35.1 Å². The molecule has 0 aliphatic carbocycles. The number of nitrogens with zero attached hydrogens (tertiary/aromatic N) is 8. The van der Waals surface area contributed by atoms with E-state index in [1.54, 1.807) is 6.92 Å². The number of halogens is 4. The lowest BCUT2D eigenvalue weighted by Crippen LogP contribution is -2.31. The van der Waals surface area contributed by atoms with Crippen molar-refractivity contribution in [3.8, 4) is 11.9 Å². The third kappa shape index (κ3) is 6.50. The highest BCUT2D eigenvalue weighted by molar-refractivity contribution is 6.32. The van der Waals surface area contributed by atoms with Crippen LogP contribution in [0.3, 0.4) is 0 Å². The lowest BCUT2D eigenvalue weighted by atomic mass is 10.0. The SMILES string of the molecule is COC(=O)CNC(=O)c1cc(C#N)cc(C)c1NC(=O)c1cc(Cn2nnc(C(F)(F)F)n2)nn1-c1ncccc1Cl. The third-order valence-corrected chi connectivity index (χ3v) is 5.81. The molecule has 0 aliphatic rings. The fourth-order valence-corrected chi connectivity index (χ4v) is 3.83. The molecule has 0 bridgehead atoms. The molecule has 216 valence electrons. The van der Waals surface area contributed by atoms with Crippen LogP contribution in [0.1, 0.15) is 43.5 Å². The number of alkyl halides is 3. The van der Waals surface area contributed by atoms with Gasteiger partial charge < -0.3 is 15.4 Å². The number of aromatic nitrogens is 7. The largest absolute Gasteiger partial charge is 0.468 e. The minimum atomic E-state index is -4.82. The molecule has 0 radical (unpaired) electrons. The standard InChI is InChI=1S/C24H18ClF3N10O4/c1-12-6-13(9-29)7-15(21(40)31-10-18(39)42-2)19(12)32-22(41)17-8-14(11-37-35-23(33-36-37)24(26,27)28)34-38(17)20-16(25)4-3-5-30-20/h3-8H,10-11H2,1-2H3,(H,31,40)(H,32,41). The number of tetrazole rings is 1. The molecule has 0 spiro atoms. The third-order valence-electron chi connectivity index (χ3n) is 5.51. The van der Waals surface area contributed by atoms with Gasteiger partial charge in [0.05, 0.1) is 40.7 Å². The summed E-state index contributed by atoms with van der Waals surface area (Å²) in [5.41, 5.74) is 0.194. The Bertz CT molecular complexity index is 1730. The predicted molar refractivity (Wildman–Crippen MR) is 136 cm³/mol. The highest BCUT2D eigenvalue weighted by atomic mass is 35.5. The average molecular weight is 603 g/mol. The van der Waals surface area contributed by atoms with Gasteiger partial charge in [0.1, 0.15) is 18.8 Å². The van der Waals surface area contributed by atoms with E-state index in [1.807, 2.05) is 6.07 Å². The van der Waals surface area contributed by atoms with Crippen LogP contribution < -0.4 is 10.6 Å². The van der Waals surface area contributed by atoms with Gasteiger partial charge in [0.2, 0.25) is 0 Å². The molecule has 18 heteroatoms. The lowest BCUT2D eigenvalue weighted by Gasteiger charge is -2.15. The van der Waals surface area contributed by atoms with Crippen molar-refractivity contribution in [2.75, 3.05) is 19.0 Å². The number of pyridine rings is 1. The quantitative estimate of drug-likeness (QED) is 0.284. The zero-order valence-corrected chi connectivity index (χ0v) is 22.4. The highest BCUT2D eigenvalue weighted by Gasteiger charge is 2.37. The first-order valence-electron chi connectivity index (χ1n) is 11.7. The average Bonchev–Trinajstić information content (AvgIpc) is 3.60. The van der Waals surface area contributed by atoms with Crippen molar-refractivity contribution in [3.05, 3.63) is 75.5 Å². The second kappa shape index (κ2) is 12.0. The Morgan fingerprint density at radius 1 is 1.17 bits per heavy atom. The van der Waals surface area contributed by atoms with Gasteiger partial charge in [-0.1, -0.05) is 11.6 Å². The zero-order valence-electron chi connectivity index (χ0n) is 21.6. The number of nitriles is 1. The first-order chi connectivity index (χ1) is 19.9. The fourth-order valence-electron chi connectivity index (χ4n) is 3.63. The summed E-state index contributed by atoms with van der Waals surface area (Å²) in [5, 5.41) is 28.3. The van der Waals surface area contributed by atoms with E-state index in [4.69, 9.17) is 11.6 Å². The van der Waals surface area contributed by atoms with Crippen molar-refractivity contribution in [1.29, 1.82) is 5.26 Å². The van der Waals surface area contributed by atoms with Crippen LogP contribution in [0.4, 0.5) is 18.9 Å². The normalized spacial score (nSPS) is 11.1. The summed E-state index contributed by atoms with van der Waals surface area (Å²) in [6, 6.07) is 8.83. The van der Waals surface area contributed by atoms with Crippen molar-refractivity contribution < 1.29 is 32.3 Å². The number of hydrogen-bond acceptors (Lipinski definition) is 10. The van der Waals surface area contributed by atoms with Crippen LogP contribution in [0, 0.1) is 18.3 Å². The maximum Gasteiger partial charge on any atom is 0.455 e. The molecule has 0 saturated heterocycles. The minimum Gasteiger partial charge on any atom is -0.468 e. The number of rotatable bonds is 8. The second-order valence-corrected chi connectivity index (χ2v) is 8.83. The van der Waals surface area contributed by atoms with Crippen LogP contribution in [0.25, 0.3) is 5.82 Å². The minimum absolute atomic E-state index is 0.00976. The maximum absolute atomic E-state index is 13.6. The maximum atomic E-state index is 13.6. The van der Waals surface area contributed by atoms with Crippen LogP contribution in [-0.2, 0) is 22.3 Å². The van der Waals surface area contributed by atoms with Crippen LogP contribution >= 0.6 is 11.6 Å². The van der Waals surface area contributed by atoms with E-state index in [0.717, 1.165) is 11.8 Å². The molecule has 4 aromatic rings. The van der Waals surface area contributed by atoms with E-state index >= 15 is 0 Å². The van der Waals surface area contributed by atoms with Gasteiger partial charge in [0, 0.05) is 6.20 Å². The van der Waals surface area contributed by atoms with Crippen molar-refractivity contribution in [3.63, 3.8) is 0 Å². The molecule has 14 nitrogen and oxygen atoms in total. The van der Waals surface area contributed by atoms with E-state index in [1.165, 1.54) is 36.5 Å². The molecule has 0 saturated carbocycles. The van der Waals surface area contributed by atoms with Crippen LogP contribution in [0.5, 0.6) is 0 Å². The lowest BCUT2D eigenvalue weighted by molar-refractivity contribution is -0.145. The number of nitrogens with one attached hydrogen (secondary N) is 2. The monoisotopic (exact) mass is 602 g/mol. The van der Waals surface area contributed by atoms with Crippen LogP contribution in [0.2, 0.25) is 5.02 Å². The van der Waals surface area contributed by atoms with Crippen LogP contribution in [0.15, 0.2) is 36.5 Å². The molecule has 1 aromatic carbocycles. The summed E-state index contributed by atoms with van der Waals surface area (Å²) in [5.74, 6) is -3.77. The number of ether oxygens (including phenoxy) is 1. The van der Waals surface area contributed by atoms with Crippen LogP contribution in [-0.4, -0.2) is 66.4 Å². The van der Waals surface area contributed by atoms with Gasteiger partial charge in [-0.25, -0.2) is 9.67 Å². The van der Waals surface area contributed by atoms with E-state index in [9.17, 15) is 32.8 Å². The molecule has 3 heterocycles. The molecule has 0 aliphatic heterocycles. The van der Waals surface area contributed by atoms with Crippen molar-refractivity contribution in [1.82, 2.24) is 40.3 Å². The summed E-state index contributed by atoms with van der Waals surface area (Å²) < 4.78 is 44.3. The number of anilines is 1. The van der Waals surface area contributed by atoms with Gasteiger partial charge in [-0.3, -0.25) is 14.4 Å². The molecular weight excluding hydrogens is 585 g/mol. The molecule has 4 rings (SSSR count).